The maximum absolute atomic E-state index is 12.3. The van der Waals surface area contributed by atoms with Crippen LogP contribution < -0.4 is 0 Å². The van der Waals surface area contributed by atoms with Crippen molar-refractivity contribution in [2.24, 2.45) is 5.92 Å². The summed E-state index contributed by atoms with van der Waals surface area (Å²) in [6, 6.07) is 0. The third-order valence-corrected chi connectivity index (χ3v) is 4.31. The smallest absolute Gasteiger partial charge is 0.307 e. The maximum Gasteiger partial charge on any atom is 0.307 e. The predicted molar refractivity (Wildman–Crippen MR) is 98.8 cm³/mol. The molecule has 26 heavy (non-hydrogen) atoms. The highest BCUT2D eigenvalue weighted by molar-refractivity contribution is 5.91. The van der Waals surface area contributed by atoms with Gasteiger partial charge in [-0.1, -0.05) is 18.6 Å². The van der Waals surface area contributed by atoms with Crippen molar-refractivity contribution in [3.05, 3.63) is 30.0 Å². The van der Waals surface area contributed by atoms with Crippen molar-refractivity contribution in [2.75, 3.05) is 14.1 Å². The third-order valence-electron chi connectivity index (χ3n) is 4.31. The Morgan fingerprint density at radius 1 is 1.38 bits per heavy atom. The summed E-state index contributed by atoms with van der Waals surface area (Å²) >= 11 is 0. The first-order valence-electron chi connectivity index (χ1n) is 9.21. The average Bonchev–Trinajstić information content (AvgIpc) is 2.95. The summed E-state index contributed by atoms with van der Waals surface area (Å²) in [6.45, 7) is 5.53. The zero-order chi connectivity index (χ0) is 19.3. The third kappa shape index (κ3) is 6.00. The minimum Gasteiger partial charge on any atom is -0.460 e. The first kappa shape index (κ1) is 20.2. The van der Waals surface area contributed by atoms with E-state index in [1.54, 1.807) is 14.1 Å². The number of aromatic nitrogens is 1. The molecular formula is C20H30N2O4. The summed E-state index contributed by atoms with van der Waals surface area (Å²) in [5.74, 6) is 0.288. The summed E-state index contributed by atoms with van der Waals surface area (Å²) < 4.78 is 11.0. The molecule has 1 saturated carbocycles. The molecule has 1 heterocycles. The van der Waals surface area contributed by atoms with Crippen molar-refractivity contribution in [2.45, 2.75) is 64.4 Å². The molecule has 1 aromatic heterocycles. The van der Waals surface area contributed by atoms with Gasteiger partial charge < -0.3 is 14.1 Å². The SMILES string of the molecule is CN(C)C(=O)c1coc(C(C/C=C/C2CCC2)CC(=O)OC(C)(C)C)n1. The van der Waals surface area contributed by atoms with Crippen LogP contribution in [-0.2, 0) is 9.53 Å². The molecule has 0 bridgehead atoms. The Hall–Kier alpha value is -2.11. The van der Waals surface area contributed by atoms with Crippen LogP contribution in [0.3, 0.4) is 0 Å². The highest BCUT2D eigenvalue weighted by Crippen LogP contribution is 2.30. The quantitative estimate of drug-likeness (QED) is 0.543. The van der Waals surface area contributed by atoms with E-state index >= 15 is 0 Å². The molecule has 0 N–H and O–H groups in total. The van der Waals surface area contributed by atoms with E-state index in [9.17, 15) is 9.59 Å². The van der Waals surface area contributed by atoms with Gasteiger partial charge in [0, 0.05) is 20.0 Å². The standard InChI is InChI=1S/C20H30N2O4/c1-20(2,3)26-17(23)12-15(11-7-10-14-8-6-9-14)18-21-16(13-25-18)19(24)22(4)5/h7,10,13-15H,6,8-9,11-12H2,1-5H3/b10-7+. The van der Waals surface area contributed by atoms with Gasteiger partial charge >= 0.3 is 5.97 Å². The predicted octanol–water partition coefficient (Wildman–Crippen LogP) is 3.94. The normalized spacial score (nSPS) is 16.3. The van der Waals surface area contributed by atoms with Crippen molar-refractivity contribution in [1.82, 2.24) is 9.88 Å². The Morgan fingerprint density at radius 2 is 2.08 bits per heavy atom. The van der Waals surface area contributed by atoms with Gasteiger partial charge in [0.25, 0.3) is 5.91 Å². The largest absolute Gasteiger partial charge is 0.460 e. The van der Waals surface area contributed by atoms with Crippen LogP contribution in [0.2, 0.25) is 0 Å². The molecule has 0 aromatic carbocycles. The highest BCUT2D eigenvalue weighted by Gasteiger charge is 2.26. The van der Waals surface area contributed by atoms with E-state index < -0.39 is 5.60 Å². The fraction of sp³-hybridized carbons (Fsp3) is 0.650. The monoisotopic (exact) mass is 362 g/mol. The highest BCUT2D eigenvalue weighted by atomic mass is 16.6. The molecule has 1 fully saturated rings. The lowest BCUT2D eigenvalue weighted by molar-refractivity contribution is -0.155. The van der Waals surface area contributed by atoms with Crippen LogP contribution in [0.4, 0.5) is 0 Å². The topological polar surface area (TPSA) is 72.6 Å². The Balaban J connectivity index is 2.09. The average molecular weight is 362 g/mol. The van der Waals surface area contributed by atoms with E-state index in [1.165, 1.54) is 30.4 Å². The lowest BCUT2D eigenvalue weighted by atomic mass is 9.85. The second kappa shape index (κ2) is 8.52. The van der Waals surface area contributed by atoms with Gasteiger partial charge in [0.05, 0.1) is 6.42 Å². The molecular weight excluding hydrogens is 332 g/mol. The number of rotatable bonds is 7. The van der Waals surface area contributed by atoms with Gasteiger partial charge in [-0.2, -0.15) is 0 Å². The van der Waals surface area contributed by atoms with E-state index in [1.807, 2.05) is 20.8 Å². The van der Waals surface area contributed by atoms with Crippen LogP contribution in [0.15, 0.2) is 22.8 Å². The Bertz CT molecular complexity index is 651. The molecule has 0 saturated heterocycles. The molecule has 0 radical (unpaired) electrons. The van der Waals surface area contributed by atoms with E-state index in [4.69, 9.17) is 9.15 Å². The summed E-state index contributed by atoms with van der Waals surface area (Å²) in [5.41, 5.74) is -0.284. The van der Waals surface area contributed by atoms with E-state index in [-0.39, 0.29) is 29.9 Å². The minimum absolute atomic E-state index is 0.169. The molecule has 1 unspecified atom stereocenters. The van der Waals surface area contributed by atoms with E-state index in [0.717, 1.165) is 0 Å². The second-order valence-electron chi connectivity index (χ2n) is 8.11. The molecule has 2 rings (SSSR count). The van der Waals surface area contributed by atoms with Crippen LogP contribution in [0.25, 0.3) is 0 Å². The van der Waals surface area contributed by atoms with Crippen molar-refractivity contribution in [3.63, 3.8) is 0 Å². The number of carbonyl (C=O) groups is 2. The minimum atomic E-state index is -0.536. The number of amides is 1. The second-order valence-corrected chi connectivity index (χ2v) is 8.11. The fourth-order valence-corrected chi connectivity index (χ4v) is 2.73. The zero-order valence-corrected chi connectivity index (χ0v) is 16.4. The van der Waals surface area contributed by atoms with Crippen molar-refractivity contribution >= 4 is 11.9 Å². The molecule has 1 aromatic rings. The lowest BCUT2D eigenvalue weighted by Gasteiger charge is -2.22. The fourth-order valence-electron chi connectivity index (χ4n) is 2.73. The van der Waals surface area contributed by atoms with Crippen LogP contribution in [0, 0.1) is 5.92 Å². The van der Waals surface area contributed by atoms with E-state index in [0.29, 0.717) is 18.2 Å². The number of allylic oxidation sites excluding steroid dienone is 2. The Kier molecular flexibility index (Phi) is 6.62. The first-order valence-corrected chi connectivity index (χ1v) is 9.21. The first-order chi connectivity index (χ1) is 12.2. The number of ether oxygens (including phenoxy) is 1. The van der Waals surface area contributed by atoms with Gasteiger partial charge in [0.2, 0.25) is 0 Å². The van der Waals surface area contributed by atoms with Gasteiger partial charge in [-0.25, -0.2) is 4.98 Å². The number of nitrogens with zero attached hydrogens (tertiary/aromatic N) is 2. The van der Waals surface area contributed by atoms with E-state index in [2.05, 4.69) is 17.1 Å². The van der Waals surface area contributed by atoms with Gasteiger partial charge in [-0.3, -0.25) is 9.59 Å². The van der Waals surface area contributed by atoms with Crippen LogP contribution in [0.1, 0.15) is 75.2 Å². The zero-order valence-electron chi connectivity index (χ0n) is 16.4. The molecule has 1 atom stereocenters. The van der Waals surface area contributed by atoms with Crippen molar-refractivity contribution < 1.29 is 18.7 Å². The molecule has 1 aliphatic rings. The Labute approximate surface area is 155 Å². The molecule has 1 aliphatic carbocycles. The number of carbonyl (C=O) groups excluding carboxylic acids is 2. The number of esters is 1. The number of hydrogen-bond donors (Lipinski definition) is 0. The summed E-state index contributed by atoms with van der Waals surface area (Å²) in [5, 5.41) is 0. The molecule has 0 spiro atoms. The lowest BCUT2D eigenvalue weighted by Crippen LogP contribution is -2.25. The van der Waals surface area contributed by atoms with Crippen LogP contribution in [-0.4, -0.2) is 41.5 Å². The van der Waals surface area contributed by atoms with Crippen LogP contribution >= 0.6 is 0 Å². The van der Waals surface area contributed by atoms with Crippen LogP contribution in [0.5, 0.6) is 0 Å². The molecule has 1 amide bonds. The molecule has 6 heteroatoms. The van der Waals surface area contributed by atoms with Crippen molar-refractivity contribution in [3.8, 4) is 0 Å². The summed E-state index contributed by atoms with van der Waals surface area (Å²) in [7, 11) is 3.33. The van der Waals surface area contributed by atoms with Gasteiger partial charge in [0.15, 0.2) is 11.6 Å². The van der Waals surface area contributed by atoms with Crippen molar-refractivity contribution in [1.29, 1.82) is 0 Å². The summed E-state index contributed by atoms with van der Waals surface area (Å²) in [6.07, 6.45) is 10.2. The number of oxazole rings is 1. The van der Waals surface area contributed by atoms with Gasteiger partial charge in [0.1, 0.15) is 11.9 Å². The van der Waals surface area contributed by atoms with Gasteiger partial charge in [-0.15, -0.1) is 0 Å². The molecule has 6 nitrogen and oxygen atoms in total. The summed E-state index contributed by atoms with van der Waals surface area (Å²) in [4.78, 5) is 30.1. The molecule has 0 aliphatic heterocycles. The Morgan fingerprint density at radius 3 is 2.62 bits per heavy atom. The number of hydrogen-bond acceptors (Lipinski definition) is 5. The van der Waals surface area contributed by atoms with Gasteiger partial charge in [-0.05, 0) is 46.0 Å². The molecule has 144 valence electrons. The maximum atomic E-state index is 12.3.